The van der Waals surface area contributed by atoms with Crippen molar-refractivity contribution >= 4 is 23.5 Å². The molecule has 0 atom stereocenters. The fourth-order valence-corrected chi connectivity index (χ4v) is 2.90. The van der Waals surface area contributed by atoms with E-state index < -0.39 is 22.0 Å². The average molecular weight is 597 g/mol. The Hall–Kier alpha value is -4.22. The van der Waals surface area contributed by atoms with Gasteiger partial charge in [-0.15, -0.1) is 0 Å². The number of nitro groups is 2. The smallest absolute Gasteiger partial charge is 0.432 e. The molecule has 0 aromatic heterocycles. The van der Waals surface area contributed by atoms with Crippen molar-refractivity contribution < 1.29 is 57.3 Å². The molecule has 0 saturated carbocycles. The van der Waals surface area contributed by atoms with Crippen molar-refractivity contribution in [3.05, 3.63) is 68.8 Å². The zero-order chi connectivity index (χ0) is 30.4. The fraction of sp³-hybridized carbons (Fsp3) is 0.462. The van der Waals surface area contributed by atoms with E-state index >= 15 is 0 Å². The van der Waals surface area contributed by atoms with Crippen molar-refractivity contribution in [2.45, 2.75) is 6.42 Å². The van der Waals surface area contributed by atoms with Gasteiger partial charge in [0.05, 0.1) is 82.3 Å². The molecular formula is C26H32N2O14. The maximum atomic E-state index is 11.8. The Morgan fingerprint density at radius 1 is 0.524 bits per heavy atom. The lowest BCUT2D eigenvalue weighted by molar-refractivity contribution is -0.385. The minimum absolute atomic E-state index is 0.0275. The number of carbonyl (C=O) groups is 2. The second-order valence-corrected chi connectivity index (χ2v) is 7.99. The molecule has 0 saturated heterocycles. The van der Waals surface area contributed by atoms with E-state index in [1.807, 2.05) is 0 Å². The molecule has 0 bridgehead atoms. The van der Waals surface area contributed by atoms with Crippen LogP contribution in [-0.4, -0.2) is 94.6 Å². The normalized spacial score (nSPS) is 10.7. The van der Waals surface area contributed by atoms with Gasteiger partial charge in [-0.1, -0.05) is 0 Å². The average Bonchev–Trinajstić information content (AvgIpc) is 2.97. The molecule has 0 heterocycles. The summed E-state index contributed by atoms with van der Waals surface area (Å²) in [5.74, 6) is -0.166. The van der Waals surface area contributed by atoms with Crippen molar-refractivity contribution in [1.82, 2.24) is 0 Å². The molecule has 0 fully saturated rings. The number of ether oxygens (including phenoxy) is 8. The molecule has 0 radical (unpaired) electrons. The van der Waals surface area contributed by atoms with Crippen LogP contribution in [-0.2, 0) is 33.2 Å². The van der Waals surface area contributed by atoms with Gasteiger partial charge in [0.1, 0.15) is 18.1 Å². The number of nitro benzene ring substituents is 2. The van der Waals surface area contributed by atoms with Crippen LogP contribution in [0.5, 0.6) is 11.5 Å². The van der Waals surface area contributed by atoms with Gasteiger partial charge in [-0.3, -0.25) is 25.0 Å². The highest BCUT2D eigenvalue weighted by molar-refractivity contribution is 5.72. The predicted octanol–water partition coefficient (Wildman–Crippen LogP) is 3.10. The van der Waals surface area contributed by atoms with Crippen LogP contribution in [0.1, 0.15) is 6.42 Å². The lowest BCUT2D eigenvalue weighted by Gasteiger charge is -2.08. The second-order valence-electron chi connectivity index (χ2n) is 7.99. The van der Waals surface area contributed by atoms with E-state index in [4.69, 9.17) is 37.9 Å². The van der Waals surface area contributed by atoms with Crippen LogP contribution in [0, 0.1) is 20.2 Å². The summed E-state index contributed by atoms with van der Waals surface area (Å²) in [6.45, 7) is 2.96. The first-order valence-electron chi connectivity index (χ1n) is 12.8. The zero-order valence-electron chi connectivity index (χ0n) is 22.7. The Labute approximate surface area is 240 Å². The molecular weight excluding hydrogens is 564 g/mol. The summed E-state index contributed by atoms with van der Waals surface area (Å²) in [6, 6.07) is 10.2. The van der Waals surface area contributed by atoms with Gasteiger partial charge in [0.15, 0.2) is 0 Å². The summed E-state index contributed by atoms with van der Waals surface area (Å²) in [7, 11) is 0. The van der Waals surface area contributed by atoms with E-state index in [2.05, 4.69) is 0 Å². The maximum Gasteiger partial charge on any atom is 0.513 e. The molecule has 0 aliphatic carbocycles. The molecule has 2 aromatic rings. The molecule has 16 nitrogen and oxygen atoms in total. The van der Waals surface area contributed by atoms with Gasteiger partial charge in [-0.2, -0.15) is 0 Å². The van der Waals surface area contributed by atoms with E-state index in [1.54, 1.807) is 0 Å². The molecule has 42 heavy (non-hydrogen) atoms. The third-order valence-corrected chi connectivity index (χ3v) is 4.91. The van der Waals surface area contributed by atoms with Crippen molar-refractivity contribution in [2.24, 2.45) is 0 Å². The van der Waals surface area contributed by atoms with Gasteiger partial charge >= 0.3 is 12.1 Å². The molecule has 0 unspecified atom stereocenters. The topological polar surface area (TPSA) is 194 Å². The third-order valence-electron chi connectivity index (χ3n) is 4.91. The number of carbonyl (C=O) groups excluding carboxylic acids is 2. The number of hydrogen-bond acceptors (Lipinski definition) is 14. The Kier molecular flexibility index (Phi) is 16.7. The summed E-state index contributed by atoms with van der Waals surface area (Å²) < 4.78 is 41.5. The van der Waals surface area contributed by atoms with Crippen LogP contribution in [0.2, 0.25) is 0 Å². The Morgan fingerprint density at radius 2 is 0.881 bits per heavy atom. The van der Waals surface area contributed by atoms with Crippen LogP contribution >= 0.6 is 0 Å². The summed E-state index contributed by atoms with van der Waals surface area (Å²) in [5.41, 5.74) is -0.210. The van der Waals surface area contributed by atoms with Crippen LogP contribution < -0.4 is 9.47 Å². The number of rotatable bonds is 22. The molecule has 2 rings (SSSR count). The molecule has 0 spiro atoms. The van der Waals surface area contributed by atoms with Gasteiger partial charge < -0.3 is 37.9 Å². The summed E-state index contributed by atoms with van der Waals surface area (Å²) in [4.78, 5) is 43.4. The second kappa shape index (κ2) is 20.6. The summed E-state index contributed by atoms with van der Waals surface area (Å²) in [5, 5.41) is 21.2. The first-order chi connectivity index (χ1) is 20.3. The summed E-state index contributed by atoms with van der Waals surface area (Å²) >= 11 is 0. The monoisotopic (exact) mass is 596 g/mol. The van der Waals surface area contributed by atoms with Crippen LogP contribution in [0.25, 0.3) is 0 Å². The minimum atomic E-state index is -0.947. The zero-order valence-corrected chi connectivity index (χ0v) is 22.7. The van der Waals surface area contributed by atoms with Crippen LogP contribution in [0.15, 0.2) is 48.5 Å². The number of hydrogen-bond donors (Lipinski definition) is 0. The SMILES string of the molecule is O=C(CCOCCOCCOCCOCCOCCOC(=O)Oc1ccc([N+](=O)[O-])cc1)Oc1ccc([N+](=O)[O-])cc1. The minimum Gasteiger partial charge on any atom is -0.432 e. The molecule has 2 aromatic carbocycles. The van der Waals surface area contributed by atoms with Crippen molar-refractivity contribution in [3.8, 4) is 11.5 Å². The highest BCUT2D eigenvalue weighted by Crippen LogP contribution is 2.18. The first-order valence-corrected chi connectivity index (χ1v) is 12.8. The van der Waals surface area contributed by atoms with Gasteiger partial charge in [0.25, 0.3) is 11.4 Å². The van der Waals surface area contributed by atoms with Crippen molar-refractivity contribution in [1.29, 1.82) is 0 Å². The standard InChI is InChI=1S/C26H32N2O14/c29-25(41-23-5-1-21(2-6-23)27(31)32)9-10-35-11-12-36-13-14-37-15-16-38-17-18-39-19-20-40-26(30)42-24-7-3-22(4-8-24)28(33)34/h1-8H,9-20H2. The summed E-state index contributed by atoms with van der Waals surface area (Å²) in [6.07, 6.45) is -0.919. The third kappa shape index (κ3) is 15.5. The number of benzene rings is 2. The van der Waals surface area contributed by atoms with E-state index in [9.17, 15) is 29.8 Å². The lowest BCUT2D eigenvalue weighted by atomic mass is 10.3. The largest absolute Gasteiger partial charge is 0.513 e. The maximum absolute atomic E-state index is 11.8. The van der Waals surface area contributed by atoms with Gasteiger partial charge in [0.2, 0.25) is 0 Å². The van der Waals surface area contributed by atoms with E-state index in [0.717, 1.165) is 0 Å². The van der Waals surface area contributed by atoms with Gasteiger partial charge in [-0.25, -0.2) is 4.79 Å². The number of nitrogens with zero attached hydrogens (tertiary/aromatic N) is 2. The molecule has 0 aliphatic heterocycles. The van der Waals surface area contributed by atoms with Crippen molar-refractivity contribution in [3.63, 3.8) is 0 Å². The van der Waals surface area contributed by atoms with E-state index in [-0.39, 0.29) is 49.1 Å². The number of esters is 1. The van der Waals surface area contributed by atoms with Crippen molar-refractivity contribution in [2.75, 3.05) is 72.7 Å². The Morgan fingerprint density at radius 3 is 1.29 bits per heavy atom. The van der Waals surface area contributed by atoms with E-state index in [1.165, 1.54) is 48.5 Å². The number of non-ortho nitro benzene ring substituents is 2. The van der Waals surface area contributed by atoms with E-state index in [0.29, 0.717) is 52.9 Å². The van der Waals surface area contributed by atoms with Gasteiger partial charge in [0, 0.05) is 24.3 Å². The molecule has 0 aliphatic rings. The quantitative estimate of drug-likeness (QED) is 0.0480. The Balaban J connectivity index is 1.30. The fourth-order valence-electron chi connectivity index (χ4n) is 2.90. The molecule has 16 heteroatoms. The lowest BCUT2D eigenvalue weighted by Crippen LogP contribution is -2.16. The molecule has 230 valence electrons. The van der Waals surface area contributed by atoms with Gasteiger partial charge in [-0.05, 0) is 24.3 Å². The highest BCUT2D eigenvalue weighted by Gasteiger charge is 2.10. The molecule has 0 N–H and O–H groups in total. The highest BCUT2D eigenvalue weighted by atomic mass is 16.7. The Bertz CT molecular complexity index is 1010. The first kappa shape index (κ1) is 34.0. The van der Waals surface area contributed by atoms with Crippen LogP contribution in [0.3, 0.4) is 0 Å². The predicted molar refractivity (Wildman–Crippen MR) is 143 cm³/mol. The molecule has 0 amide bonds. The van der Waals surface area contributed by atoms with Crippen LogP contribution in [0.4, 0.5) is 16.2 Å².